The Morgan fingerprint density at radius 2 is 1.89 bits per heavy atom. The molecule has 1 heterocycles. The highest BCUT2D eigenvalue weighted by atomic mass is 19.1. The van der Waals surface area contributed by atoms with Crippen LogP contribution in [0.4, 0.5) is 10.1 Å². The summed E-state index contributed by atoms with van der Waals surface area (Å²) in [6, 6.07) is 5.05. The number of hydrogen-bond donors (Lipinski definition) is 1. The SMILES string of the molecule is CC1CC(C)CN(c2ccc([C@H](C)O)cc2F)C1. The van der Waals surface area contributed by atoms with Gasteiger partial charge in [-0.2, -0.15) is 0 Å². The largest absolute Gasteiger partial charge is 0.389 e. The molecule has 2 nitrogen and oxygen atoms in total. The van der Waals surface area contributed by atoms with Crippen LogP contribution >= 0.6 is 0 Å². The zero-order valence-corrected chi connectivity index (χ0v) is 11.4. The van der Waals surface area contributed by atoms with Gasteiger partial charge in [0.15, 0.2) is 0 Å². The summed E-state index contributed by atoms with van der Waals surface area (Å²) in [5, 5.41) is 9.45. The van der Waals surface area contributed by atoms with Crippen LogP contribution in [-0.4, -0.2) is 18.2 Å². The molecule has 3 atom stereocenters. The number of halogens is 1. The van der Waals surface area contributed by atoms with Crippen molar-refractivity contribution in [3.63, 3.8) is 0 Å². The third kappa shape index (κ3) is 2.83. The van der Waals surface area contributed by atoms with Crippen LogP contribution in [0, 0.1) is 17.7 Å². The van der Waals surface area contributed by atoms with Gasteiger partial charge in [-0.3, -0.25) is 0 Å². The molecule has 0 amide bonds. The molecule has 0 radical (unpaired) electrons. The van der Waals surface area contributed by atoms with E-state index in [1.54, 1.807) is 13.0 Å². The normalized spacial score (nSPS) is 26.2. The van der Waals surface area contributed by atoms with Crippen LogP contribution < -0.4 is 4.90 Å². The van der Waals surface area contributed by atoms with E-state index < -0.39 is 6.10 Å². The summed E-state index contributed by atoms with van der Waals surface area (Å²) in [5.41, 5.74) is 1.30. The summed E-state index contributed by atoms with van der Waals surface area (Å²) in [4.78, 5) is 2.12. The van der Waals surface area contributed by atoms with Crippen molar-refractivity contribution in [2.45, 2.75) is 33.3 Å². The second-order valence-corrected chi connectivity index (χ2v) is 5.74. The van der Waals surface area contributed by atoms with E-state index in [2.05, 4.69) is 18.7 Å². The van der Waals surface area contributed by atoms with Gasteiger partial charge in [0.25, 0.3) is 0 Å². The molecule has 0 spiro atoms. The number of piperidine rings is 1. The van der Waals surface area contributed by atoms with Crippen LogP contribution in [-0.2, 0) is 0 Å². The molecule has 18 heavy (non-hydrogen) atoms. The third-order valence-corrected chi connectivity index (χ3v) is 3.66. The van der Waals surface area contributed by atoms with E-state index in [1.165, 1.54) is 12.5 Å². The highest BCUT2D eigenvalue weighted by Crippen LogP contribution is 2.29. The van der Waals surface area contributed by atoms with Gasteiger partial charge in [0, 0.05) is 13.1 Å². The van der Waals surface area contributed by atoms with Crippen LogP contribution in [0.1, 0.15) is 38.9 Å². The lowest BCUT2D eigenvalue weighted by Gasteiger charge is -2.36. The van der Waals surface area contributed by atoms with E-state index in [0.717, 1.165) is 13.1 Å². The van der Waals surface area contributed by atoms with Gasteiger partial charge < -0.3 is 10.0 Å². The lowest BCUT2D eigenvalue weighted by atomic mass is 9.91. The molecule has 2 unspecified atom stereocenters. The lowest BCUT2D eigenvalue weighted by molar-refractivity contribution is 0.199. The fraction of sp³-hybridized carbons (Fsp3) is 0.600. The molecule has 100 valence electrons. The van der Waals surface area contributed by atoms with E-state index in [9.17, 15) is 9.50 Å². The first-order valence-electron chi connectivity index (χ1n) is 6.69. The zero-order chi connectivity index (χ0) is 13.3. The van der Waals surface area contributed by atoms with Crippen LogP contribution in [0.25, 0.3) is 0 Å². The molecule has 0 saturated carbocycles. The quantitative estimate of drug-likeness (QED) is 0.871. The Morgan fingerprint density at radius 3 is 2.39 bits per heavy atom. The van der Waals surface area contributed by atoms with Crippen molar-refractivity contribution in [2.24, 2.45) is 11.8 Å². The molecule has 1 aromatic rings. The second-order valence-electron chi connectivity index (χ2n) is 5.74. The minimum Gasteiger partial charge on any atom is -0.389 e. The standard InChI is InChI=1S/C15H22FNO/c1-10-6-11(2)9-17(8-10)15-5-4-13(12(3)18)7-14(15)16/h4-5,7,10-12,18H,6,8-9H2,1-3H3/t10?,11?,12-/m0/s1. The smallest absolute Gasteiger partial charge is 0.146 e. The van der Waals surface area contributed by atoms with E-state index >= 15 is 0 Å². The Morgan fingerprint density at radius 1 is 1.28 bits per heavy atom. The zero-order valence-electron chi connectivity index (χ0n) is 11.4. The van der Waals surface area contributed by atoms with Gasteiger partial charge in [-0.1, -0.05) is 19.9 Å². The first-order chi connectivity index (χ1) is 8.47. The van der Waals surface area contributed by atoms with Gasteiger partial charge in [0.1, 0.15) is 5.82 Å². The fourth-order valence-corrected chi connectivity index (χ4v) is 2.90. The van der Waals surface area contributed by atoms with Crippen LogP contribution in [0.5, 0.6) is 0 Å². The number of anilines is 1. The molecule has 1 N–H and O–H groups in total. The molecular weight excluding hydrogens is 229 g/mol. The summed E-state index contributed by atoms with van der Waals surface area (Å²) in [7, 11) is 0. The van der Waals surface area contributed by atoms with Crippen molar-refractivity contribution in [3.8, 4) is 0 Å². The maximum absolute atomic E-state index is 14.1. The predicted molar refractivity (Wildman–Crippen MR) is 72.2 cm³/mol. The van der Waals surface area contributed by atoms with E-state index in [4.69, 9.17) is 0 Å². The molecule has 1 fully saturated rings. The maximum atomic E-state index is 14.1. The van der Waals surface area contributed by atoms with Crippen molar-refractivity contribution >= 4 is 5.69 Å². The number of hydrogen-bond acceptors (Lipinski definition) is 2. The van der Waals surface area contributed by atoms with Gasteiger partial charge >= 0.3 is 0 Å². The fourth-order valence-electron chi connectivity index (χ4n) is 2.90. The van der Waals surface area contributed by atoms with Crippen LogP contribution in [0.2, 0.25) is 0 Å². The molecule has 2 rings (SSSR count). The van der Waals surface area contributed by atoms with Gasteiger partial charge in [0.05, 0.1) is 11.8 Å². The highest BCUT2D eigenvalue weighted by molar-refractivity contribution is 5.50. The van der Waals surface area contributed by atoms with Gasteiger partial charge in [-0.15, -0.1) is 0 Å². The topological polar surface area (TPSA) is 23.5 Å². The predicted octanol–water partition coefficient (Wildman–Crippen LogP) is 3.36. The van der Waals surface area contributed by atoms with Crippen LogP contribution in [0.3, 0.4) is 0 Å². The van der Waals surface area contributed by atoms with Crippen molar-refractivity contribution in [3.05, 3.63) is 29.6 Å². The number of nitrogens with zero attached hydrogens (tertiary/aromatic N) is 1. The third-order valence-electron chi connectivity index (χ3n) is 3.66. The molecule has 0 aromatic heterocycles. The number of aliphatic hydroxyl groups is 1. The maximum Gasteiger partial charge on any atom is 0.146 e. The minimum atomic E-state index is -0.618. The first-order valence-corrected chi connectivity index (χ1v) is 6.69. The van der Waals surface area contributed by atoms with Crippen molar-refractivity contribution in [2.75, 3.05) is 18.0 Å². The summed E-state index contributed by atoms with van der Waals surface area (Å²) in [6.07, 6.45) is 0.594. The Labute approximate surface area is 108 Å². The Hall–Kier alpha value is -1.09. The molecule has 0 aliphatic carbocycles. The highest BCUT2D eigenvalue weighted by Gasteiger charge is 2.23. The monoisotopic (exact) mass is 251 g/mol. The molecule has 3 heteroatoms. The van der Waals surface area contributed by atoms with E-state index in [-0.39, 0.29) is 5.82 Å². The molecule has 1 aromatic carbocycles. The molecular formula is C15H22FNO. The number of benzene rings is 1. The molecule has 1 aliphatic heterocycles. The average molecular weight is 251 g/mol. The summed E-state index contributed by atoms with van der Waals surface area (Å²) < 4.78 is 14.1. The van der Waals surface area contributed by atoms with Gasteiger partial charge in [-0.25, -0.2) is 4.39 Å². The lowest BCUT2D eigenvalue weighted by Crippen LogP contribution is -2.39. The van der Waals surface area contributed by atoms with Gasteiger partial charge in [-0.05, 0) is 42.9 Å². The molecule has 1 aliphatic rings. The van der Waals surface area contributed by atoms with Crippen molar-refractivity contribution in [1.82, 2.24) is 0 Å². The Kier molecular flexibility index (Phi) is 3.91. The molecule has 0 bridgehead atoms. The van der Waals surface area contributed by atoms with E-state index in [1.807, 2.05) is 6.07 Å². The average Bonchev–Trinajstić information content (AvgIpc) is 2.27. The van der Waals surface area contributed by atoms with Crippen LogP contribution in [0.15, 0.2) is 18.2 Å². The van der Waals surface area contributed by atoms with Crippen molar-refractivity contribution in [1.29, 1.82) is 0 Å². The summed E-state index contributed by atoms with van der Waals surface area (Å²) >= 11 is 0. The Balaban J connectivity index is 2.22. The second kappa shape index (κ2) is 5.27. The summed E-state index contributed by atoms with van der Waals surface area (Å²) in [5.74, 6) is 0.976. The summed E-state index contributed by atoms with van der Waals surface area (Å²) in [6.45, 7) is 7.90. The first kappa shape index (κ1) is 13.3. The van der Waals surface area contributed by atoms with Crippen molar-refractivity contribution < 1.29 is 9.50 Å². The number of rotatable bonds is 2. The van der Waals surface area contributed by atoms with Gasteiger partial charge in [0.2, 0.25) is 0 Å². The Bertz CT molecular complexity index is 409. The minimum absolute atomic E-state index is 0.227. The van der Waals surface area contributed by atoms with E-state index in [0.29, 0.717) is 23.1 Å². The number of aliphatic hydroxyl groups excluding tert-OH is 1. The molecule has 1 saturated heterocycles.